The number of ketones is 1. The summed E-state index contributed by atoms with van der Waals surface area (Å²) in [5.41, 5.74) is 1.78. The molecule has 0 saturated carbocycles. The van der Waals surface area contributed by atoms with Gasteiger partial charge in [-0.3, -0.25) is 4.79 Å². The maximum atomic E-state index is 12.1. The molecule has 0 aliphatic rings. The van der Waals surface area contributed by atoms with Gasteiger partial charge in [0.15, 0.2) is 5.78 Å². The summed E-state index contributed by atoms with van der Waals surface area (Å²) in [4.78, 5) is 12.1. The lowest BCUT2D eigenvalue weighted by molar-refractivity contribution is 0.0444. The maximum Gasteiger partial charge on any atom is 0.165 e. The molecule has 1 atom stereocenters. The van der Waals surface area contributed by atoms with Gasteiger partial charge in [-0.25, -0.2) is 0 Å². The van der Waals surface area contributed by atoms with E-state index >= 15 is 0 Å². The van der Waals surface area contributed by atoms with Crippen LogP contribution in [0.4, 0.5) is 0 Å². The molecular formula is C17H17ClO2. The van der Waals surface area contributed by atoms with Crippen molar-refractivity contribution in [2.75, 3.05) is 0 Å². The van der Waals surface area contributed by atoms with Crippen LogP contribution in [-0.2, 0) is 11.3 Å². The Labute approximate surface area is 124 Å². The minimum Gasteiger partial charge on any atom is -0.373 e. The quantitative estimate of drug-likeness (QED) is 0.731. The topological polar surface area (TPSA) is 26.3 Å². The number of hydrogen-bond donors (Lipinski definition) is 0. The summed E-state index contributed by atoms with van der Waals surface area (Å²) < 4.78 is 5.70. The largest absolute Gasteiger partial charge is 0.373 e. The van der Waals surface area contributed by atoms with Gasteiger partial charge in [0.1, 0.15) is 0 Å². The van der Waals surface area contributed by atoms with Gasteiger partial charge in [0.05, 0.1) is 12.7 Å². The zero-order chi connectivity index (χ0) is 14.4. The normalized spacial score (nSPS) is 12.1. The highest BCUT2D eigenvalue weighted by Crippen LogP contribution is 2.13. The number of rotatable bonds is 6. The molecule has 104 valence electrons. The number of Topliss-reactive ketones (excluding diaryl/α,β-unsaturated/α-hetero) is 1. The Balaban J connectivity index is 1.83. The fourth-order valence-corrected chi connectivity index (χ4v) is 2.01. The zero-order valence-corrected chi connectivity index (χ0v) is 12.1. The second-order valence-electron chi connectivity index (χ2n) is 4.74. The molecule has 0 aliphatic carbocycles. The van der Waals surface area contributed by atoms with Gasteiger partial charge in [0.2, 0.25) is 0 Å². The Morgan fingerprint density at radius 1 is 1.10 bits per heavy atom. The third kappa shape index (κ3) is 4.48. The van der Waals surface area contributed by atoms with Gasteiger partial charge in [-0.2, -0.15) is 0 Å². The highest BCUT2D eigenvalue weighted by atomic mass is 35.5. The summed E-state index contributed by atoms with van der Waals surface area (Å²) in [6, 6.07) is 16.9. The number of ether oxygens (including phenoxy) is 1. The van der Waals surface area contributed by atoms with Crippen LogP contribution < -0.4 is 0 Å². The second kappa shape index (κ2) is 7.22. The van der Waals surface area contributed by atoms with E-state index in [1.165, 1.54) is 0 Å². The van der Waals surface area contributed by atoms with E-state index in [9.17, 15) is 4.79 Å². The SMILES string of the molecule is CC(CC(=O)c1ccc(Cl)cc1)OCc1ccccc1. The third-order valence-electron chi connectivity index (χ3n) is 3.02. The van der Waals surface area contributed by atoms with Crippen molar-refractivity contribution >= 4 is 17.4 Å². The standard InChI is InChI=1S/C17H17ClO2/c1-13(20-12-14-5-3-2-4-6-14)11-17(19)15-7-9-16(18)10-8-15/h2-10,13H,11-12H2,1H3. The van der Waals surface area contributed by atoms with E-state index in [4.69, 9.17) is 16.3 Å². The molecule has 2 nitrogen and oxygen atoms in total. The first-order valence-corrected chi connectivity index (χ1v) is 6.97. The van der Waals surface area contributed by atoms with Gasteiger partial charge in [-0.1, -0.05) is 41.9 Å². The molecule has 0 amide bonds. The Morgan fingerprint density at radius 3 is 2.40 bits per heavy atom. The lowest BCUT2D eigenvalue weighted by atomic mass is 10.1. The third-order valence-corrected chi connectivity index (χ3v) is 3.27. The predicted molar refractivity (Wildman–Crippen MR) is 81.1 cm³/mol. The van der Waals surface area contributed by atoms with E-state index in [-0.39, 0.29) is 11.9 Å². The molecule has 2 rings (SSSR count). The summed E-state index contributed by atoms with van der Waals surface area (Å²) in [5, 5.41) is 0.634. The summed E-state index contributed by atoms with van der Waals surface area (Å²) in [6.45, 7) is 2.44. The van der Waals surface area contributed by atoms with Gasteiger partial charge in [0.25, 0.3) is 0 Å². The van der Waals surface area contributed by atoms with Gasteiger partial charge in [-0.15, -0.1) is 0 Å². The molecule has 3 heteroatoms. The average Bonchev–Trinajstić information content (AvgIpc) is 2.47. The summed E-state index contributed by atoms with van der Waals surface area (Å²) in [7, 11) is 0. The van der Waals surface area contributed by atoms with Crippen molar-refractivity contribution < 1.29 is 9.53 Å². The first kappa shape index (κ1) is 14.8. The molecule has 0 fully saturated rings. The predicted octanol–water partition coefficient (Wildman–Crippen LogP) is 4.52. The molecule has 20 heavy (non-hydrogen) atoms. The highest BCUT2D eigenvalue weighted by molar-refractivity contribution is 6.30. The van der Waals surface area contributed by atoms with E-state index < -0.39 is 0 Å². The van der Waals surface area contributed by atoms with Crippen molar-refractivity contribution in [1.82, 2.24) is 0 Å². The van der Waals surface area contributed by atoms with Crippen LogP contribution >= 0.6 is 11.6 Å². The van der Waals surface area contributed by atoms with E-state index in [1.54, 1.807) is 24.3 Å². The fourth-order valence-electron chi connectivity index (χ4n) is 1.89. The van der Waals surface area contributed by atoms with Crippen LogP contribution in [0.2, 0.25) is 5.02 Å². The minimum atomic E-state index is -0.113. The molecule has 2 aromatic rings. The van der Waals surface area contributed by atoms with Crippen LogP contribution in [-0.4, -0.2) is 11.9 Å². The van der Waals surface area contributed by atoms with Gasteiger partial charge in [-0.05, 0) is 36.8 Å². The van der Waals surface area contributed by atoms with Gasteiger partial charge >= 0.3 is 0 Å². The fraction of sp³-hybridized carbons (Fsp3) is 0.235. The van der Waals surface area contributed by atoms with Crippen LogP contribution in [0.3, 0.4) is 0 Å². The minimum absolute atomic E-state index is 0.0715. The summed E-state index contributed by atoms with van der Waals surface area (Å²) in [5.74, 6) is 0.0715. The molecule has 1 unspecified atom stereocenters. The van der Waals surface area contributed by atoms with Crippen LogP contribution in [0.5, 0.6) is 0 Å². The average molecular weight is 289 g/mol. The van der Waals surface area contributed by atoms with Gasteiger partial charge < -0.3 is 4.74 Å². The molecule has 0 aliphatic heterocycles. The highest BCUT2D eigenvalue weighted by Gasteiger charge is 2.11. The zero-order valence-electron chi connectivity index (χ0n) is 11.4. The number of hydrogen-bond acceptors (Lipinski definition) is 2. The molecule has 0 aromatic heterocycles. The Hall–Kier alpha value is -1.64. The maximum absolute atomic E-state index is 12.1. The molecule has 0 bridgehead atoms. The van der Waals surface area contributed by atoms with Gasteiger partial charge in [0, 0.05) is 17.0 Å². The molecule has 0 heterocycles. The number of carbonyl (C=O) groups excluding carboxylic acids is 1. The molecular weight excluding hydrogens is 272 g/mol. The molecule has 0 radical (unpaired) electrons. The molecule has 2 aromatic carbocycles. The van der Waals surface area contributed by atoms with E-state index in [0.717, 1.165) is 5.56 Å². The van der Waals surface area contributed by atoms with Crippen LogP contribution in [0.1, 0.15) is 29.3 Å². The Morgan fingerprint density at radius 2 is 1.75 bits per heavy atom. The molecule has 0 spiro atoms. The van der Waals surface area contributed by atoms with E-state index in [1.807, 2.05) is 37.3 Å². The monoisotopic (exact) mass is 288 g/mol. The van der Waals surface area contributed by atoms with Crippen LogP contribution in [0, 0.1) is 0 Å². The van der Waals surface area contributed by atoms with Crippen molar-refractivity contribution in [3.63, 3.8) is 0 Å². The van der Waals surface area contributed by atoms with Crippen molar-refractivity contribution in [2.24, 2.45) is 0 Å². The Bertz CT molecular complexity index is 549. The lowest BCUT2D eigenvalue weighted by Crippen LogP contribution is -2.14. The van der Waals surface area contributed by atoms with Crippen molar-refractivity contribution in [3.05, 3.63) is 70.7 Å². The summed E-state index contributed by atoms with van der Waals surface area (Å²) >= 11 is 5.80. The first-order valence-electron chi connectivity index (χ1n) is 6.59. The van der Waals surface area contributed by atoms with Crippen molar-refractivity contribution in [1.29, 1.82) is 0 Å². The van der Waals surface area contributed by atoms with Crippen molar-refractivity contribution in [2.45, 2.75) is 26.1 Å². The van der Waals surface area contributed by atoms with Crippen LogP contribution in [0.15, 0.2) is 54.6 Å². The smallest absolute Gasteiger partial charge is 0.165 e. The number of halogens is 1. The number of benzene rings is 2. The molecule has 0 saturated heterocycles. The Kier molecular flexibility index (Phi) is 5.33. The van der Waals surface area contributed by atoms with Crippen molar-refractivity contribution in [3.8, 4) is 0 Å². The lowest BCUT2D eigenvalue weighted by Gasteiger charge is -2.12. The number of carbonyl (C=O) groups is 1. The van der Waals surface area contributed by atoms with Crippen LogP contribution in [0.25, 0.3) is 0 Å². The van der Waals surface area contributed by atoms with E-state index in [0.29, 0.717) is 23.6 Å². The second-order valence-corrected chi connectivity index (χ2v) is 5.18. The molecule has 0 N–H and O–H groups in total. The van der Waals surface area contributed by atoms with E-state index in [2.05, 4.69) is 0 Å². The summed E-state index contributed by atoms with van der Waals surface area (Å²) in [6.07, 6.45) is 0.257. The first-order chi connectivity index (χ1) is 9.65.